The Morgan fingerprint density at radius 2 is 1.25 bits per heavy atom. The largest absolute Gasteiger partial charge is 0.335 e. The van der Waals surface area contributed by atoms with Gasteiger partial charge in [-0.15, -0.1) is 0 Å². The van der Waals surface area contributed by atoms with Crippen LogP contribution >= 0.6 is 0 Å². The van der Waals surface area contributed by atoms with E-state index < -0.39 is 5.66 Å². The molecule has 0 radical (unpaired) electrons. The van der Waals surface area contributed by atoms with Crippen molar-refractivity contribution in [1.82, 2.24) is 10.6 Å². The number of azo groups is 1. The maximum atomic E-state index is 12.9. The van der Waals surface area contributed by atoms with Crippen LogP contribution in [0.1, 0.15) is 124 Å². The molecule has 0 saturated heterocycles. The van der Waals surface area contributed by atoms with Crippen molar-refractivity contribution < 1.29 is 4.79 Å². The first-order valence-electron chi connectivity index (χ1n) is 11.9. The van der Waals surface area contributed by atoms with E-state index in [1.165, 1.54) is 64.2 Å². The van der Waals surface area contributed by atoms with Crippen LogP contribution in [0, 0.1) is 0 Å². The molecule has 2 fully saturated rings. The first kappa shape index (κ1) is 23.2. The number of nitrogens with one attached hydrogen (secondary N) is 2. The molecule has 2 saturated carbocycles. The first-order valence-corrected chi connectivity index (χ1v) is 11.9. The van der Waals surface area contributed by atoms with Crippen molar-refractivity contribution in [2.45, 2.75) is 141 Å². The molecule has 0 heterocycles. The minimum atomic E-state index is -0.550. The van der Waals surface area contributed by atoms with Gasteiger partial charge in [0.15, 0.2) is 5.66 Å². The van der Waals surface area contributed by atoms with Crippen LogP contribution < -0.4 is 10.6 Å². The summed E-state index contributed by atoms with van der Waals surface area (Å²) in [6.07, 6.45) is 19.0. The van der Waals surface area contributed by atoms with Crippen molar-refractivity contribution in [3.05, 3.63) is 0 Å². The Morgan fingerprint density at radius 1 is 0.786 bits per heavy atom. The highest BCUT2D eigenvalue weighted by atomic mass is 16.2. The summed E-state index contributed by atoms with van der Waals surface area (Å²) in [7, 11) is 0. The highest BCUT2D eigenvalue weighted by Crippen LogP contribution is 2.28. The highest BCUT2D eigenvalue weighted by Gasteiger charge is 2.32. The fourth-order valence-electron chi connectivity index (χ4n) is 4.37. The van der Waals surface area contributed by atoms with Crippen molar-refractivity contribution in [2.24, 2.45) is 10.2 Å². The predicted molar refractivity (Wildman–Crippen MR) is 117 cm³/mol. The van der Waals surface area contributed by atoms with Crippen LogP contribution in [0.25, 0.3) is 0 Å². The SMILES string of the molecule is CC(C)(C)N=NC1(NC(=O)NC2CCCCC2)CCCCCCCCCCC1. The van der Waals surface area contributed by atoms with E-state index >= 15 is 0 Å². The van der Waals surface area contributed by atoms with Gasteiger partial charge in [0, 0.05) is 6.04 Å². The second-order valence-corrected chi connectivity index (χ2v) is 10.0. The van der Waals surface area contributed by atoms with Crippen molar-refractivity contribution in [1.29, 1.82) is 0 Å². The van der Waals surface area contributed by atoms with Crippen LogP contribution in [0.3, 0.4) is 0 Å². The molecule has 5 heteroatoms. The summed E-state index contributed by atoms with van der Waals surface area (Å²) < 4.78 is 0. The fourth-order valence-corrected chi connectivity index (χ4v) is 4.37. The zero-order valence-corrected chi connectivity index (χ0v) is 18.7. The molecule has 0 aromatic rings. The number of carbonyl (C=O) groups excluding carboxylic acids is 1. The molecule has 5 nitrogen and oxygen atoms in total. The fraction of sp³-hybridized carbons (Fsp3) is 0.957. The number of amides is 2. The quantitative estimate of drug-likeness (QED) is 0.506. The van der Waals surface area contributed by atoms with Crippen molar-refractivity contribution in [3.8, 4) is 0 Å². The average molecular weight is 393 g/mol. The summed E-state index contributed by atoms with van der Waals surface area (Å²) in [6.45, 7) is 6.21. The van der Waals surface area contributed by atoms with Crippen molar-refractivity contribution in [2.75, 3.05) is 0 Å². The van der Waals surface area contributed by atoms with E-state index in [0.717, 1.165) is 38.5 Å². The molecular weight excluding hydrogens is 348 g/mol. The normalized spacial score (nSPS) is 23.5. The molecule has 2 rings (SSSR count). The summed E-state index contributed by atoms with van der Waals surface area (Å²) in [5.74, 6) is 0. The lowest BCUT2D eigenvalue weighted by Crippen LogP contribution is -2.53. The monoisotopic (exact) mass is 392 g/mol. The van der Waals surface area contributed by atoms with Crippen LogP contribution in [0.4, 0.5) is 4.79 Å². The summed E-state index contributed by atoms with van der Waals surface area (Å²) in [5.41, 5.74) is -0.774. The first-order chi connectivity index (χ1) is 13.4. The number of nitrogens with zero attached hydrogens (tertiary/aromatic N) is 2. The second kappa shape index (κ2) is 11.8. The van der Waals surface area contributed by atoms with E-state index in [1.807, 2.05) is 0 Å². The molecule has 0 aliphatic heterocycles. The third-order valence-electron chi connectivity index (χ3n) is 6.01. The highest BCUT2D eigenvalue weighted by molar-refractivity contribution is 5.75. The summed E-state index contributed by atoms with van der Waals surface area (Å²) in [4.78, 5) is 12.9. The topological polar surface area (TPSA) is 65.8 Å². The molecule has 0 spiro atoms. The summed E-state index contributed by atoms with van der Waals surface area (Å²) in [5, 5.41) is 15.9. The molecular formula is C23H44N4O. The second-order valence-electron chi connectivity index (χ2n) is 10.0. The Morgan fingerprint density at radius 3 is 1.75 bits per heavy atom. The van der Waals surface area contributed by atoms with E-state index in [4.69, 9.17) is 5.11 Å². The Balaban J connectivity index is 2.07. The van der Waals surface area contributed by atoms with Crippen molar-refractivity contribution in [3.63, 3.8) is 0 Å². The molecule has 0 atom stereocenters. The van der Waals surface area contributed by atoms with Crippen LogP contribution in [0.2, 0.25) is 0 Å². The van der Waals surface area contributed by atoms with Crippen LogP contribution in [0.5, 0.6) is 0 Å². The molecule has 2 amide bonds. The molecule has 0 aromatic carbocycles. The standard InChI is InChI=1S/C23H44N4O/c1-22(2,3)26-27-23(25-21(28)24-20-16-12-11-13-17-20)18-14-9-7-5-4-6-8-10-15-19-23/h20H,4-19H2,1-3H3,(H2,24,25,28). The molecule has 0 bridgehead atoms. The molecule has 2 aliphatic rings. The Labute approximate surface area is 172 Å². The van der Waals surface area contributed by atoms with Gasteiger partial charge in [-0.3, -0.25) is 0 Å². The smallest absolute Gasteiger partial charge is 0.316 e. The number of carbonyl (C=O) groups is 1. The van der Waals surface area contributed by atoms with Gasteiger partial charge in [-0.05, 0) is 59.3 Å². The van der Waals surface area contributed by atoms with Gasteiger partial charge in [0.25, 0.3) is 0 Å². The van der Waals surface area contributed by atoms with Gasteiger partial charge >= 0.3 is 6.03 Å². The number of rotatable bonds is 3. The van der Waals surface area contributed by atoms with Gasteiger partial charge in [0.2, 0.25) is 0 Å². The Hall–Kier alpha value is -1.13. The van der Waals surface area contributed by atoms with Crippen molar-refractivity contribution >= 4 is 6.03 Å². The summed E-state index contributed by atoms with van der Waals surface area (Å²) in [6, 6.07) is 0.267. The van der Waals surface area contributed by atoms with E-state index in [0.29, 0.717) is 6.04 Å². The van der Waals surface area contributed by atoms with Gasteiger partial charge in [0.1, 0.15) is 0 Å². The average Bonchev–Trinajstić information content (AvgIpc) is 2.63. The zero-order valence-electron chi connectivity index (χ0n) is 18.7. The lowest BCUT2D eigenvalue weighted by Gasteiger charge is -2.33. The number of hydrogen-bond acceptors (Lipinski definition) is 3. The van der Waals surface area contributed by atoms with E-state index in [-0.39, 0.29) is 11.6 Å². The van der Waals surface area contributed by atoms with Gasteiger partial charge in [-0.25, -0.2) is 4.79 Å². The summed E-state index contributed by atoms with van der Waals surface area (Å²) >= 11 is 0. The molecule has 0 unspecified atom stereocenters. The molecule has 0 aromatic heterocycles. The Kier molecular flexibility index (Phi) is 9.73. The third-order valence-corrected chi connectivity index (χ3v) is 6.01. The third kappa shape index (κ3) is 9.38. The lowest BCUT2D eigenvalue weighted by atomic mass is 9.93. The zero-order chi connectivity index (χ0) is 20.3. The van der Waals surface area contributed by atoms with Crippen LogP contribution in [-0.4, -0.2) is 23.3 Å². The molecule has 2 N–H and O–H groups in total. The van der Waals surface area contributed by atoms with E-state index in [9.17, 15) is 4.79 Å². The molecule has 162 valence electrons. The number of hydrogen-bond donors (Lipinski definition) is 2. The van der Waals surface area contributed by atoms with Crippen LogP contribution in [-0.2, 0) is 0 Å². The number of urea groups is 1. The van der Waals surface area contributed by atoms with Gasteiger partial charge < -0.3 is 10.6 Å². The predicted octanol–water partition coefficient (Wildman–Crippen LogP) is 6.87. The lowest BCUT2D eigenvalue weighted by molar-refractivity contribution is 0.202. The van der Waals surface area contributed by atoms with Gasteiger partial charge in [-0.1, -0.05) is 64.2 Å². The Bertz CT molecular complexity index is 465. The van der Waals surface area contributed by atoms with Gasteiger partial charge in [0.05, 0.1) is 5.54 Å². The van der Waals surface area contributed by atoms with Gasteiger partial charge in [-0.2, -0.15) is 10.2 Å². The van der Waals surface area contributed by atoms with Crippen LogP contribution in [0.15, 0.2) is 10.2 Å². The maximum Gasteiger partial charge on any atom is 0.316 e. The van der Waals surface area contributed by atoms with E-state index in [1.54, 1.807) is 0 Å². The minimum Gasteiger partial charge on any atom is -0.335 e. The maximum absolute atomic E-state index is 12.9. The molecule has 2 aliphatic carbocycles. The van der Waals surface area contributed by atoms with E-state index in [2.05, 4.69) is 36.5 Å². The molecule has 28 heavy (non-hydrogen) atoms. The minimum absolute atomic E-state index is 0.0492.